The van der Waals surface area contributed by atoms with E-state index in [-0.39, 0.29) is 34.9 Å². The van der Waals surface area contributed by atoms with Crippen LogP contribution in [-0.2, 0) is 33.0 Å². The fraction of sp³-hybridized carbons (Fsp3) is 0.639. The lowest BCUT2D eigenvalue weighted by Crippen LogP contribution is -2.62. The van der Waals surface area contributed by atoms with Crippen molar-refractivity contribution >= 4 is 31.9 Å². The Bertz CT molecular complexity index is 1390. The first kappa shape index (κ1) is 35.9. The second kappa shape index (κ2) is 13.3. The minimum atomic E-state index is -2.20. The van der Waals surface area contributed by atoms with Crippen LogP contribution in [0.25, 0.3) is 0 Å². The van der Waals surface area contributed by atoms with Crippen LogP contribution in [0.4, 0.5) is 10.1 Å². The van der Waals surface area contributed by atoms with E-state index in [1.54, 1.807) is 18.2 Å². The van der Waals surface area contributed by atoms with E-state index < -0.39 is 49.7 Å². The molecule has 0 aromatic heterocycles. The van der Waals surface area contributed by atoms with E-state index in [1.165, 1.54) is 26.0 Å². The molecule has 3 aliphatic rings. The molecule has 0 amide bonds. The fourth-order valence-electron chi connectivity index (χ4n) is 7.71. The first-order chi connectivity index (χ1) is 21.3. The summed E-state index contributed by atoms with van der Waals surface area (Å²) < 4.78 is 38.4. The van der Waals surface area contributed by atoms with Crippen molar-refractivity contribution < 1.29 is 37.4 Å². The summed E-state index contributed by atoms with van der Waals surface area (Å²) in [5, 5.41) is 3.37. The normalized spacial score (nSPS) is 30.5. The number of nitrogens with one attached hydrogen (secondary N) is 1. The summed E-state index contributed by atoms with van der Waals surface area (Å²) in [5.74, 6) is -1.87. The molecular weight excluding hydrogens is 605 g/mol. The highest BCUT2D eigenvalue weighted by Crippen LogP contribution is 2.63. The SMILES string of the molecule is C=C1[C@@H](OC(C)=O)C[C@@H]2[C@](C)(CO[Si](C)(C)C(C)(C)C)[C@H](OC(C)=O)CC[C@@]2(C)[C@@H]1C[C@@H](Nc1cccc(F)c1)C1=CCOC1=O. The van der Waals surface area contributed by atoms with E-state index in [9.17, 15) is 18.8 Å². The Labute approximate surface area is 274 Å². The van der Waals surface area contributed by atoms with Gasteiger partial charge in [0.2, 0.25) is 0 Å². The number of carbonyl (C=O) groups excluding carboxylic acids is 3. The zero-order chi connectivity index (χ0) is 34.2. The fourth-order valence-corrected chi connectivity index (χ4v) is 8.82. The minimum absolute atomic E-state index is 0.0264. The predicted molar refractivity (Wildman–Crippen MR) is 178 cm³/mol. The van der Waals surface area contributed by atoms with E-state index in [0.717, 1.165) is 12.0 Å². The van der Waals surface area contributed by atoms with Gasteiger partial charge in [0, 0.05) is 31.6 Å². The molecule has 46 heavy (non-hydrogen) atoms. The van der Waals surface area contributed by atoms with Gasteiger partial charge in [0.15, 0.2) is 8.32 Å². The molecule has 254 valence electrons. The number of benzene rings is 1. The molecule has 0 spiro atoms. The molecule has 2 aliphatic carbocycles. The number of fused-ring (bicyclic) bond motifs is 1. The summed E-state index contributed by atoms with van der Waals surface area (Å²) in [6.45, 7) is 23.3. The molecule has 0 radical (unpaired) electrons. The van der Waals surface area contributed by atoms with E-state index in [1.807, 2.05) is 0 Å². The molecule has 1 N–H and O–H groups in total. The van der Waals surface area contributed by atoms with Crippen LogP contribution < -0.4 is 5.32 Å². The molecule has 0 unspecified atom stereocenters. The largest absolute Gasteiger partial charge is 0.462 e. The molecular formula is C36H52FNO7Si. The Morgan fingerprint density at radius 3 is 2.41 bits per heavy atom. The zero-order valence-corrected chi connectivity index (χ0v) is 30.0. The van der Waals surface area contributed by atoms with Gasteiger partial charge in [-0.25, -0.2) is 9.18 Å². The Kier molecular flexibility index (Phi) is 10.3. The van der Waals surface area contributed by atoms with E-state index >= 15 is 0 Å². The van der Waals surface area contributed by atoms with Crippen LogP contribution in [0, 0.1) is 28.5 Å². The van der Waals surface area contributed by atoms with E-state index in [4.69, 9.17) is 18.6 Å². The first-order valence-electron chi connectivity index (χ1n) is 16.3. The maximum absolute atomic E-state index is 14.2. The standard InChI is InChI=1S/C36H52FNO7Si/c1-22-28(19-29(27-15-17-42-33(27)41)38-26-13-11-12-25(37)18-26)35(7)16-14-32(45-24(3)40)36(8,21-43-46(9,10)34(4,5)6)31(35)20-30(22)44-23(2)39/h11-13,15,18,28-32,38H,1,14,16-17,19-21H2,2-10H3/t28-,29-,30+,31+,32-,35+,36+/m1/s1. The average molecular weight is 658 g/mol. The molecule has 8 nitrogen and oxygen atoms in total. The average Bonchev–Trinajstić information content (AvgIpc) is 3.37. The smallest absolute Gasteiger partial charge is 0.336 e. The number of hydrogen-bond acceptors (Lipinski definition) is 8. The van der Waals surface area contributed by atoms with Crippen molar-refractivity contribution in [3.05, 3.63) is 53.9 Å². The van der Waals surface area contributed by atoms with Crippen LogP contribution in [0.15, 0.2) is 48.1 Å². The van der Waals surface area contributed by atoms with E-state index in [0.29, 0.717) is 37.1 Å². The Morgan fingerprint density at radius 2 is 1.85 bits per heavy atom. The second-order valence-corrected chi connectivity index (χ2v) is 20.2. The Morgan fingerprint density at radius 1 is 1.17 bits per heavy atom. The number of rotatable bonds is 10. The number of halogens is 1. The minimum Gasteiger partial charge on any atom is -0.462 e. The number of cyclic esters (lactones) is 1. The summed E-state index contributed by atoms with van der Waals surface area (Å²) >= 11 is 0. The molecule has 10 heteroatoms. The molecule has 1 aliphatic heterocycles. The van der Waals surface area contributed by atoms with Crippen molar-refractivity contribution in [1.29, 1.82) is 0 Å². The van der Waals surface area contributed by atoms with Gasteiger partial charge < -0.3 is 24.0 Å². The number of anilines is 1. The van der Waals surface area contributed by atoms with Crippen LogP contribution in [0.2, 0.25) is 18.1 Å². The molecule has 7 atom stereocenters. The molecule has 1 heterocycles. The summed E-state index contributed by atoms with van der Waals surface area (Å²) in [4.78, 5) is 37.8. The van der Waals surface area contributed by atoms with Gasteiger partial charge in [-0.05, 0) is 90.9 Å². The summed E-state index contributed by atoms with van der Waals surface area (Å²) in [6.07, 6.45) is 3.07. The van der Waals surface area contributed by atoms with Gasteiger partial charge in [-0.1, -0.05) is 47.3 Å². The topological polar surface area (TPSA) is 100 Å². The summed E-state index contributed by atoms with van der Waals surface area (Å²) in [6, 6.07) is 5.63. The predicted octanol–water partition coefficient (Wildman–Crippen LogP) is 7.36. The molecule has 0 saturated heterocycles. The highest BCUT2D eigenvalue weighted by molar-refractivity contribution is 6.74. The molecule has 2 fully saturated rings. The van der Waals surface area contributed by atoms with Gasteiger partial charge in [0.1, 0.15) is 24.6 Å². The lowest BCUT2D eigenvalue weighted by molar-refractivity contribution is -0.192. The number of hydrogen-bond donors (Lipinski definition) is 1. The third-order valence-electron chi connectivity index (χ3n) is 11.3. The number of carbonyl (C=O) groups is 3. The Hall–Kier alpha value is -2.98. The van der Waals surface area contributed by atoms with Crippen LogP contribution in [-0.4, -0.2) is 57.7 Å². The maximum atomic E-state index is 14.2. The second-order valence-electron chi connectivity index (χ2n) is 15.4. The van der Waals surface area contributed by atoms with Crippen molar-refractivity contribution in [2.24, 2.45) is 22.7 Å². The highest BCUT2D eigenvalue weighted by Gasteiger charge is 2.62. The third-order valence-corrected chi connectivity index (χ3v) is 15.8. The summed E-state index contributed by atoms with van der Waals surface area (Å²) in [5.41, 5.74) is 0.801. The van der Waals surface area contributed by atoms with Crippen LogP contribution >= 0.6 is 0 Å². The van der Waals surface area contributed by atoms with Gasteiger partial charge in [-0.3, -0.25) is 9.59 Å². The van der Waals surface area contributed by atoms with Gasteiger partial charge in [0.25, 0.3) is 0 Å². The van der Waals surface area contributed by atoms with Gasteiger partial charge in [0.05, 0.1) is 11.6 Å². The molecule has 4 rings (SSSR count). The van der Waals surface area contributed by atoms with Crippen molar-refractivity contribution in [2.45, 2.75) is 111 Å². The van der Waals surface area contributed by atoms with E-state index in [2.05, 4.69) is 59.6 Å². The molecule has 1 aromatic carbocycles. The maximum Gasteiger partial charge on any atom is 0.336 e. The zero-order valence-electron chi connectivity index (χ0n) is 29.0. The van der Waals surface area contributed by atoms with Gasteiger partial charge >= 0.3 is 17.9 Å². The molecule has 2 saturated carbocycles. The lowest BCUT2D eigenvalue weighted by Gasteiger charge is -2.62. The third kappa shape index (κ3) is 7.28. The Balaban J connectivity index is 1.79. The van der Waals surface area contributed by atoms with Crippen LogP contribution in [0.1, 0.15) is 74.1 Å². The lowest BCUT2D eigenvalue weighted by atomic mass is 9.45. The first-order valence-corrected chi connectivity index (χ1v) is 19.3. The van der Waals surface area contributed by atoms with Crippen LogP contribution in [0.3, 0.4) is 0 Å². The summed E-state index contributed by atoms with van der Waals surface area (Å²) in [7, 11) is -2.20. The molecule has 1 aromatic rings. The van der Waals surface area contributed by atoms with Gasteiger partial charge in [-0.15, -0.1) is 0 Å². The van der Waals surface area contributed by atoms with Gasteiger partial charge in [-0.2, -0.15) is 0 Å². The number of ether oxygens (including phenoxy) is 3. The molecule has 0 bridgehead atoms. The van der Waals surface area contributed by atoms with Crippen molar-refractivity contribution in [2.75, 3.05) is 18.5 Å². The monoisotopic (exact) mass is 657 g/mol. The van der Waals surface area contributed by atoms with Crippen molar-refractivity contribution in [1.82, 2.24) is 0 Å². The quantitative estimate of drug-likeness (QED) is 0.121. The van der Waals surface area contributed by atoms with Crippen molar-refractivity contribution in [3.8, 4) is 0 Å². The van der Waals surface area contributed by atoms with Crippen molar-refractivity contribution in [3.63, 3.8) is 0 Å². The highest BCUT2D eigenvalue weighted by atomic mass is 28.4. The van der Waals surface area contributed by atoms with Crippen LogP contribution in [0.5, 0.6) is 0 Å². The number of esters is 3.